The second-order valence-electron chi connectivity index (χ2n) is 3.69. The Labute approximate surface area is 100 Å². The largest absolute Gasteiger partial charge is 0.497 e. The number of aryl methyl sites for hydroxylation is 1. The van der Waals surface area contributed by atoms with Gasteiger partial charge in [-0.3, -0.25) is 4.79 Å². The molecule has 5 heteroatoms. The molecule has 1 unspecified atom stereocenters. The van der Waals surface area contributed by atoms with E-state index in [4.69, 9.17) is 20.3 Å². The van der Waals surface area contributed by atoms with Crippen molar-refractivity contribution in [3.8, 4) is 11.5 Å². The van der Waals surface area contributed by atoms with Gasteiger partial charge in [0, 0.05) is 18.2 Å². The third-order valence-corrected chi connectivity index (χ3v) is 2.66. The topological polar surface area (TPSA) is 81.8 Å². The summed E-state index contributed by atoms with van der Waals surface area (Å²) in [7, 11) is 3.04. The summed E-state index contributed by atoms with van der Waals surface area (Å²) in [4.78, 5) is 11.1. The maximum absolute atomic E-state index is 11.1. The Morgan fingerprint density at radius 1 is 1.41 bits per heavy atom. The lowest BCUT2D eigenvalue weighted by molar-refractivity contribution is -0.138. The molecule has 1 atom stereocenters. The SMILES string of the molecule is COc1cc(C)c(C(CN)C(=O)O)c(OC)c1. The Bertz CT molecular complexity index is 417. The van der Waals surface area contributed by atoms with Crippen LogP contribution in [0, 0.1) is 6.92 Å². The van der Waals surface area contributed by atoms with Crippen LogP contribution in [0.3, 0.4) is 0 Å². The number of nitrogens with two attached hydrogens (primary N) is 1. The molecule has 0 saturated heterocycles. The maximum atomic E-state index is 11.1. The van der Waals surface area contributed by atoms with E-state index in [0.29, 0.717) is 17.1 Å². The van der Waals surface area contributed by atoms with E-state index in [2.05, 4.69) is 0 Å². The van der Waals surface area contributed by atoms with Crippen LogP contribution in [-0.4, -0.2) is 31.8 Å². The van der Waals surface area contributed by atoms with Crippen LogP contribution in [0.15, 0.2) is 12.1 Å². The lowest BCUT2D eigenvalue weighted by Gasteiger charge is -2.18. The first-order valence-corrected chi connectivity index (χ1v) is 5.20. The summed E-state index contributed by atoms with van der Waals surface area (Å²) in [6, 6.07) is 3.43. The molecule has 0 aliphatic rings. The smallest absolute Gasteiger partial charge is 0.312 e. The highest BCUT2D eigenvalue weighted by Gasteiger charge is 2.24. The number of benzene rings is 1. The Morgan fingerprint density at radius 3 is 2.47 bits per heavy atom. The van der Waals surface area contributed by atoms with Crippen molar-refractivity contribution in [3.05, 3.63) is 23.3 Å². The van der Waals surface area contributed by atoms with Crippen LogP contribution in [0.5, 0.6) is 11.5 Å². The summed E-state index contributed by atoms with van der Waals surface area (Å²) in [6.07, 6.45) is 0. The molecule has 94 valence electrons. The van der Waals surface area contributed by atoms with Gasteiger partial charge in [-0.2, -0.15) is 0 Å². The van der Waals surface area contributed by atoms with Crippen molar-refractivity contribution in [2.75, 3.05) is 20.8 Å². The van der Waals surface area contributed by atoms with Gasteiger partial charge in [0.2, 0.25) is 0 Å². The van der Waals surface area contributed by atoms with Gasteiger partial charge < -0.3 is 20.3 Å². The molecule has 0 fully saturated rings. The third-order valence-electron chi connectivity index (χ3n) is 2.66. The summed E-state index contributed by atoms with van der Waals surface area (Å²) in [6.45, 7) is 1.84. The molecular formula is C12H17NO4. The molecule has 0 spiro atoms. The second kappa shape index (κ2) is 5.54. The Balaban J connectivity index is 3.35. The van der Waals surface area contributed by atoms with E-state index in [1.807, 2.05) is 6.92 Å². The van der Waals surface area contributed by atoms with Crippen molar-refractivity contribution in [1.29, 1.82) is 0 Å². The number of hydrogen-bond donors (Lipinski definition) is 2. The highest BCUT2D eigenvalue weighted by atomic mass is 16.5. The molecule has 0 radical (unpaired) electrons. The van der Waals surface area contributed by atoms with Crippen LogP contribution in [-0.2, 0) is 4.79 Å². The van der Waals surface area contributed by atoms with Gasteiger partial charge in [-0.1, -0.05) is 0 Å². The third kappa shape index (κ3) is 2.68. The maximum Gasteiger partial charge on any atom is 0.312 e. The van der Waals surface area contributed by atoms with Crippen LogP contribution < -0.4 is 15.2 Å². The highest BCUT2D eigenvalue weighted by Crippen LogP contribution is 2.33. The zero-order valence-corrected chi connectivity index (χ0v) is 10.2. The van der Waals surface area contributed by atoms with Gasteiger partial charge in [-0.05, 0) is 18.6 Å². The molecule has 5 nitrogen and oxygen atoms in total. The average Bonchev–Trinajstić information content (AvgIpc) is 2.31. The molecule has 1 rings (SSSR count). The molecule has 17 heavy (non-hydrogen) atoms. The zero-order valence-electron chi connectivity index (χ0n) is 10.2. The van der Waals surface area contributed by atoms with E-state index in [1.54, 1.807) is 19.2 Å². The number of ether oxygens (including phenoxy) is 2. The molecule has 0 heterocycles. The van der Waals surface area contributed by atoms with Gasteiger partial charge in [0.25, 0.3) is 0 Å². The van der Waals surface area contributed by atoms with E-state index in [0.717, 1.165) is 5.56 Å². The number of carboxylic acids is 1. The second-order valence-corrected chi connectivity index (χ2v) is 3.69. The van der Waals surface area contributed by atoms with Crippen LogP contribution in [0.1, 0.15) is 17.0 Å². The van der Waals surface area contributed by atoms with Gasteiger partial charge in [0.15, 0.2) is 0 Å². The van der Waals surface area contributed by atoms with E-state index in [-0.39, 0.29) is 6.54 Å². The van der Waals surface area contributed by atoms with E-state index in [9.17, 15) is 4.79 Å². The fraction of sp³-hybridized carbons (Fsp3) is 0.417. The molecule has 0 aliphatic carbocycles. The number of aliphatic carboxylic acids is 1. The van der Waals surface area contributed by atoms with Crippen molar-refractivity contribution in [2.45, 2.75) is 12.8 Å². The van der Waals surface area contributed by atoms with Crippen molar-refractivity contribution in [3.63, 3.8) is 0 Å². The normalized spacial score (nSPS) is 12.0. The van der Waals surface area contributed by atoms with Crippen molar-refractivity contribution in [1.82, 2.24) is 0 Å². The predicted molar refractivity (Wildman–Crippen MR) is 63.7 cm³/mol. The van der Waals surface area contributed by atoms with Gasteiger partial charge in [-0.25, -0.2) is 0 Å². The minimum atomic E-state index is -0.959. The number of rotatable bonds is 5. The summed E-state index contributed by atoms with van der Waals surface area (Å²) in [5, 5.41) is 9.13. The Hall–Kier alpha value is -1.75. The Kier molecular flexibility index (Phi) is 4.34. The van der Waals surface area contributed by atoms with Crippen molar-refractivity contribution >= 4 is 5.97 Å². The first kappa shape index (κ1) is 13.3. The minimum absolute atomic E-state index is 0.0266. The van der Waals surface area contributed by atoms with Crippen LogP contribution in [0.25, 0.3) is 0 Å². The molecule has 0 aromatic heterocycles. The summed E-state index contributed by atoms with van der Waals surface area (Å²) >= 11 is 0. The molecule has 0 saturated carbocycles. The fourth-order valence-corrected chi connectivity index (χ4v) is 1.81. The zero-order chi connectivity index (χ0) is 13.0. The number of carboxylic acid groups (broad SMARTS) is 1. The highest BCUT2D eigenvalue weighted by molar-refractivity contribution is 5.78. The molecular weight excluding hydrogens is 222 g/mol. The standard InChI is InChI=1S/C12H17NO4/c1-7-4-8(16-2)5-10(17-3)11(7)9(6-13)12(14)15/h4-5,9H,6,13H2,1-3H3,(H,14,15). The number of methoxy groups -OCH3 is 2. The lowest BCUT2D eigenvalue weighted by Crippen LogP contribution is -2.22. The monoisotopic (exact) mass is 239 g/mol. The first-order chi connectivity index (χ1) is 8.04. The lowest BCUT2D eigenvalue weighted by atomic mass is 9.93. The van der Waals surface area contributed by atoms with Gasteiger partial charge >= 0.3 is 5.97 Å². The quantitative estimate of drug-likeness (QED) is 0.805. The van der Waals surface area contributed by atoms with Gasteiger partial charge in [-0.15, -0.1) is 0 Å². The molecule has 0 bridgehead atoms. The minimum Gasteiger partial charge on any atom is -0.497 e. The number of hydrogen-bond acceptors (Lipinski definition) is 4. The van der Waals surface area contributed by atoms with Gasteiger partial charge in [0.05, 0.1) is 20.1 Å². The average molecular weight is 239 g/mol. The van der Waals surface area contributed by atoms with E-state index >= 15 is 0 Å². The Morgan fingerprint density at radius 2 is 2.06 bits per heavy atom. The van der Waals surface area contributed by atoms with Gasteiger partial charge in [0.1, 0.15) is 11.5 Å². The predicted octanol–water partition coefficient (Wildman–Crippen LogP) is 1.14. The van der Waals surface area contributed by atoms with Crippen molar-refractivity contribution in [2.24, 2.45) is 5.73 Å². The molecule has 0 aliphatic heterocycles. The molecule has 0 amide bonds. The number of carbonyl (C=O) groups is 1. The van der Waals surface area contributed by atoms with E-state index < -0.39 is 11.9 Å². The molecule has 1 aromatic carbocycles. The van der Waals surface area contributed by atoms with Crippen molar-refractivity contribution < 1.29 is 19.4 Å². The van der Waals surface area contributed by atoms with E-state index in [1.165, 1.54) is 7.11 Å². The molecule has 3 N–H and O–H groups in total. The first-order valence-electron chi connectivity index (χ1n) is 5.20. The van der Waals surface area contributed by atoms with Crippen LogP contribution in [0.2, 0.25) is 0 Å². The molecule has 1 aromatic rings. The van der Waals surface area contributed by atoms with Crippen LogP contribution >= 0.6 is 0 Å². The van der Waals surface area contributed by atoms with Crippen LogP contribution in [0.4, 0.5) is 0 Å². The summed E-state index contributed by atoms with van der Waals surface area (Å²) < 4.78 is 10.3. The summed E-state index contributed by atoms with van der Waals surface area (Å²) in [5.74, 6) is -0.612. The fourth-order valence-electron chi connectivity index (χ4n) is 1.81. The summed E-state index contributed by atoms with van der Waals surface area (Å²) in [5.41, 5.74) is 6.89.